The predicted molar refractivity (Wildman–Crippen MR) is 310 cm³/mol. The number of carbonyl (C=O) groups is 8. The van der Waals surface area contributed by atoms with E-state index in [4.69, 9.17) is 5.73 Å². The number of carboxylic acids is 1. The Balaban J connectivity index is 1.05. The van der Waals surface area contributed by atoms with Crippen LogP contribution < -0.4 is 37.6 Å². The molecule has 6 amide bonds. The number of aromatic hydroxyl groups is 2. The number of carbonyl (C=O) groups excluding carboxylic acids is 7. The SMILES string of the molecule is CC(=O)C(Cc1c[nH]c2ccccc12)NC(Cc1ccccc1)C(=O)NC(Cc1ccccc1)C(=O)NC(CC(N)=O)C(=O)NC(Cc1ccc(O)cc1)C(=O)NC(Cc1ccc(O)cc1)C(=O)NC(Cc1c[nH]c2ccccc12)C(=O)O. The summed E-state index contributed by atoms with van der Waals surface area (Å²) in [5.41, 5.74) is 11.0. The van der Waals surface area contributed by atoms with E-state index in [1.165, 1.54) is 55.5 Å². The van der Waals surface area contributed by atoms with Crippen LogP contribution in [0.4, 0.5) is 0 Å². The second-order valence-corrected chi connectivity index (χ2v) is 20.4. The zero-order valence-corrected chi connectivity index (χ0v) is 45.3. The number of nitrogens with two attached hydrogens (primary N) is 1. The van der Waals surface area contributed by atoms with Gasteiger partial charge in [-0.25, -0.2) is 4.79 Å². The number of nitrogens with one attached hydrogen (secondary N) is 8. The molecule has 2 heterocycles. The number of amides is 6. The van der Waals surface area contributed by atoms with E-state index in [-0.39, 0.29) is 55.8 Å². The molecule has 0 aliphatic carbocycles. The number of hydrogen-bond acceptors (Lipinski definition) is 11. The number of aromatic nitrogens is 2. The molecule has 8 aromatic rings. The average Bonchev–Trinajstić information content (AvgIpc) is 4.34. The number of carboxylic acid groups (broad SMARTS) is 1. The topological polar surface area (TPSA) is 327 Å². The van der Waals surface area contributed by atoms with E-state index in [2.05, 4.69) is 41.9 Å². The molecule has 0 bridgehead atoms. The van der Waals surface area contributed by atoms with Gasteiger partial charge in [0.2, 0.25) is 35.4 Å². The first kappa shape index (κ1) is 59.1. The molecule has 428 valence electrons. The highest BCUT2D eigenvalue weighted by Crippen LogP contribution is 2.22. The minimum Gasteiger partial charge on any atom is -0.508 e. The normalized spacial score (nSPS) is 13.7. The van der Waals surface area contributed by atoms with Crippen LogP contribution >= 0.6 is 0 Å². The highest BCUT2D eigenvalue weighted by molar-refractivity contribution is 5.98. The molecule has 6 aromatic carbocycles. The number of rotatable bonds is 28. The van der Waals surface area contributed by atoms with Gasteiger partial charge in [-0.2, -0.15) is 0 Å². The maximum Gasteiger partial charge on any atom is 0.326 e. The van der Waals surface area contributed by atoms with Gasteiger partial charge in [-0.15, -0.1) is 0 Å². The zero-order valence-electron chi connectivity index (χ0n) is 45.3. The van der Waals surface area contributed by atoms with Crippen LogP contribution in [-0.2, 0) is 76.9 Å². The monoisotopic (exact) mass is 1120 g/mol. The Morgan fingerprint density at radius 3 is 1.16 bits per heavy atom. The summed E-state index contributed by atoms with van der Waals surface area (Å²) < 4.78 is 0. The van der Waals surface area contributed by atoms with Crippen molar-refractivity contribution in [2.45, 2.75) is 94.2 Å². The lowest BCUT2D eigenvalue weighted by Gasteiger charge is -2.28. The second kappa shape index (κ2) is 27.9. The summed E-state index contributed by atoms with van der Waals surface area (Å²) in [7, 11) is 0. The fourth-order valence-electron chi connectivity index (χ4n) is 9.87. The van der Waals surface area contributed by atoms with E-state index >= 15 is 0 Å². The highest BCUT2D eigenvalue weighted by atomic mass is 16.4. The Bertz CT molecular complexity index is 3570. The van der Waals surface area contributed by atoms with Gasteiger partial charge in [0.05, 0.1) is 18.5 Å². The van der Waals surface area contributed by atoms with E-state index in [0.29, 0.717) is 22.3 Å². The van der Waals surface area contributed by atoms with Crippen LogP contribution in [0.1, 0.15) is 46.7 Å². The van der Waals surface area contributed by atoms with Gasteiger partial charge < -0.3 is 57.6 Å². The van der Waals surface area contributed by atoms with Crippen molar-refractivity contribution in [1.29, 1.82) is 0 Å². The number of fused-ring (bicyclic) bond motifs is 2. The van der Waals surface area contributed by atoms with Crippen LogP contribution in [0.2, 0.25) is 0 Å². The van der Waals surface area contributed by atoms with E-state index in [0.717, 1.165) is 32.9 Å². The van der Waals surface area contributed by atoms with Crippen molar-refractivity contribution < 1.29 is 53.7 Å². The van der Waals surface area contributed by atoms with Gasteiger partial charge in [-0.05, 0) is 89.5 Å². The smallest absolute Gasteiger partial charge is 0.326 e. The largest absolute Gasteiger partial charge is 0.508 e. The van der Waals surface area contributed by atoms with Crippen LogP contribution in [0, 0.1) is 0 Å². The Morgan fingerprint density at radius 1 is 0.410 bits per heavy atom. The van der Waals surface area contributed by atoms with Crippen LogP contribution in [0.15, 0.2) is 170 Å². The summed E-state index contributed by atoms with van der Waals surface area (Å²) in [5, 5.41) is 48.7. The maximum atomic E-state index is 14.8. The minimum absolute atomic E-state index is 0.0771. The second-order valence-electron chi connectivity index (χ2n) is 20.4. The maximum absolute atomic E-state index is 14.8. The van der Waals surface area contributed by atoms with E-state index < -0.39 is 90.1 Å². The van der Waals surface area contributed by atoms with Gasteiger partial charge in [0, 0.05) is 59.9 Å². The standard InChI is InChI=1S/C63H65N9O11/c1-37(73)50(32-42-35-65-48-18-10-8-16-46(42)48)67-51(28-38-12-4-2-5-13-38)58(77)68-52(29-39-14-6-3-7-15-39)60(79)71-55(34-57(64)76)62(81)70-53(30-40-20-24-44(74)25-21-40)59(78)69-54(31-41-22-26-45(75)27-23-41)61(80)72-56(63(82)83)33-43-36-66-49-19-11-9-17-47(43)49/h2-27,35-36,50-56,65-67,74-75H,28-34H2,1H3,(H2,64,76)(H,68,77)(H,69,78)(H,70,81)(H,71,79)(H,72,80)(H,82,83). The van der Waals surface area contributed by atoms with Gasteiger partial charge in [0.25, 0.3) is 0 Å². The van der Waals surface area contributed by atoms with E-state index in [1.54, 1.807) is 48.7 Å². The van der Waals surface area contributed by atoms with E-state index in [1.807, 2.05) is 72.9 Å². The highest BCUT2D eigenvalue weighted by Gasteiger charge is 2.35. The number of phenolic OH excluding ortho intramolecular Hbond substituents is 2. The fourth-order valence-corrected chi connectivity index (χ4v) is 9.87. The number of para-hydroxylation sites is 2. The van der Waals surface area contributed by atoms with Crippen molar-refractivity contribution in [2.75, 3.05) is 0 Å². The Labute approximate surface area is 477 Å². The summed E-state index contributed by atoms with van der Waals surface area (Å²) in [6.45, 7) is 1.43. The van der Waals surface area contributed by atoms with Crippen LogP contribution in [-0.4, -0.2) is 115 Å². The quantitative estimate of drug-likeness (QED) is 0.0330. The van der Waals surface area contributed by atoms with Crippen LogP contribution in [0.25, 0.3) is 21.8 Å². The number of phenols is 2. The van der Waals surface area contributed by atoms with Gasteiger partial charge in [0.15, 0.2) is 0 Å². The third-order valence-corrected chi connectivity index (χ3v) is 14.3. The molecule has 20 nitrogen and oxygen atoms in total. The van der Waals surface area contributed by atoms with Crippen LogP contribution in [0.5, 0.6) is 11.5 Å². The molecule has 7 unspecified atom stereocenters. The lowest BCUT2D eigenvalue weighted by molar-refractivity contribution is -0.142. The molecular weight excluding hydrogens is 1060 g/mol. The first-order valence-electron chi connectivity index (χ1n) is 27.0. The number of H-pyrrole nitrogens is 2. The molecule has 13 N–H and O–H groups in total. The lowest BCUT2D eigenvalue weighted by atomic mass is 9.98. The molecule has 20 heteroatoms. The third kappa shape index (κ3) is 16.5. The molecule has 2 aromatic heterocycles. The predicted octanol–water partition coefficient (Wildman–Crippen LogP) is 4.12. The molecule has 0 spiro atoms. The number of hydrogen-bond donors (Lipinski definition) is 12. The number of aromatic amines is 2. The minimum atomic E-state index is -1.75. The molecule has 0 radical (unpaired) electrons. The summed E-state index contributed by atoms with van der Waals surface area (Å²) in [6.07, 6.45) is 2.29. The van der Waals surface area contributed by atoms with Crippen molar-refractivity contribution in [1.82, 2.24) is 41.9 Å². The van der Waals surface area contributed by atoms with Crippen molar-refractivity contribution in [2.24, 2.45) is 5.73 Å². The fraction of sp³-hybridized carbons (Fsp3) is 0.238. The molecule has 7 atom stereocenters. The number of primary amides is 1. The molecule has 0 aliphatic heterocycles. The van der Waals surface area contributed by atoms with Gasteiger partial charge in [0.1, 0.15) is 47.5 Å². The molecule has 0 saturated carbocycles. The molecule has 83 heavy (non-hydrogen) atoms. The first-order valence-corrected chi connectivity index (χ1v) is 27.0. The van der Waals surface area contributed by atoms with Crippen molar-refractivity contribution in [3.8, 4) is 11.5 Å². The number of benzene rings is 6. The van der Waals surface area contributed by atoms with Crippen molar-refractivity contribution in [3.63, 3.8) is 0 Å². The molecular formula is C63H65N9O11. The van der Waals surface area contributed by atoms with Crippen LogP contribution in [0.3, 0.4) is 0 Å². The summed E-state index contributed by atoms with van der Waals surface area (Å²) in [5.74, 6) is -7.25. The van der Waals surface area contributed by atoms with Crippen molar-refractivity contribution in [3.05, 3.63) is 203 Å². The average molecular weight is 1120 g/mol. The molecule has 0 saturated heterocycles. The van der Waals surface area contributed by atoms with Crippen molar-refractivity contribution >= 4 is 69.0 Å². The van der Waals surface area contributed by atoms with E-state index in [9.17, 15) is 53.7 Å². The lowest BCUT2D eigenvalue weighted by Crippen LogP contribution is -2.61. The zero-order chi connectivity index (χ0) is 59.0. The van der Waals surface area contributed by atoms with Gasteiger partial charge >= 0.3 is 5.97 Å². The Kier molecular flexibility index (Phi) is 19.8. The summed E-state index contributed by atoms with van der Waals surface area (Å²) in [6, 6.07) is 34.5. The number of aliphatic carboxylic acids is 1. The Morgan fingerprint density at radius 2 is 0.747 bits per heavy atom. The molecule has 0 fully saturated rings. The van der Waals surface area contributed by atoms with Gasteiger partial charge in [-0.1, -0.05) is 121 Å². The molecule has 8 rings (SSSR count). The third-order valence-electron chi connectivity index (χ3n) is 14.3. The Hall–Kier alpha value is -10.1. The number of ketones is 1. The molecule has 0 aliphatic rings. The summed E-state index contributed by atoms with van der Waals surface area (Å²) >= 11 is 0. The first-order chi connectivity index (χ1) is 40.0. The summed E-state index contributed by atoms with van der Waals surface area (Å²) in [4.78, 5) is 118. The van der Waals surface area contributed by atoms with Gasteiger partial charge in [-0.3, -0.25) is 38.9 Å². The number of Topliss-reactive ketones (excluding diaryl/α,β-unsaturated/α-hetero) is 1.